The molecule has 0 radical (unpaired) electrons. The van der Waals surface area contributed by atoms with Gasteiger partial charge >= 0.3 is 6.03 Å². The van der Waals surface area contributed by atoms with Gasteiger partial charge in [-0.25, -0.2) is 4.79 Å². The van der Waals surface area contributed by atoms with Crippen molar-refractivity contribution in [3.63, 3.8) is 0 Å². The summed E-state index contributed by atoms with van der Waals surface area (Å²) < 4.78 is 5.34. The largest absolute Gasteiger partial charge is 0.359 e. The summed E-state index contributed by atoms with van der Waals surface area (Å²) in [6.45, 7) is 3.72. The van der Waals surface area contributed by atoms with Crippen LogP contribution < -0.4 is 5.32 Å². The molecule has 6 nitrogen and oxygen atoms in total. The summed E-state index contributed by atoms with van der Waals surface area (Å²) in [7, 11) is 0. The van der Waals surface area contributed by atoms with Crippen molar-refractivity contribution in [2.75, 3.05) is 0 Å². The first-order valence-electron chi connectivity index (χ1n) is 8.69. The van der Waals surface area contributed by atoms with Gasteiger partial charge in [0, 0.05) is 11.6 Å². The molecule has 2 heterocycles. The first-order chi connectivity index (χ1) is 13.0. The van der Waals surface area contributed by atoms with Crippen molar-refractivity contribution in [1.29, 1.82) is 0 Å². The third-order valence-corrected chi connectivity index (χ3v) is 4.85. The molecule has 1 aliphatic rings. The molecule has 136 valence electrons. The molecule has 1 aromatic heterocycles. The topological polar surface area (TPSA) is 75.4 Å². The molecular formula is C21H19N3O3. The Morgan fingerprint density at radius 2 is 1.78 bits per heavy atom. The number of hydrogen-bond acceptors (Lipinski definition) is 4. The summed E-state index contributed by atoms with van der Waals surface area (Å²) >= 11 is 0. The van der Waals surface area contributed by atoms with Gasteiger partial charge in [0.1, 0.15) is 11.2 Å². The molecule has 6 heteroatoms. The van der Waals surface area contributed by atoms with Crippen molar-refractivity contribution in [2.24, 2.45) is 0 Å². The monoisotopic (exact) mass is 361 g/mol. The number of amides is 3. The predicted molar refractivity (Wildman–Crippen MR) is 99.6 cm³/mol. The number of aromatic nitrogens is 1. The van der Waals surface area contributed by atoms with Gasteiger partial charge in [-0.05, 0) is 19.4 Å². The average Bonchev–Trinajstić information content (AvgIpc) is 3.22. The first kappa shape index (κ1) is 17.0. The number of nitrogens with zero attached hydrogens (tertiary/aromatic N) is 2. The van der Waals surface area contributed by atoms with Crippen LogP contribution in [0, 0.1) is 6.92 Å². The van der Waals surface area contributed by atoms with E-state index in [1.807, 2.05) is 61.5 Å². The van der Waals surface area contributed by atoms with Gasteiger partial charge in [0.05, 0.1) is 6.54 Å². The van der Waals surface area contributed by atoms with E-state index >= 15 is 0 Å². The number of carbonyl (C=O) groups excluding carboxylic acids is 2. The number of rotatable bonds is 4. The lowest BCUT2D eigenvalue weighted by Gasteiger charge is -2.22. The van der Waals surface area contributed by atoms with Gasteiger partial charge in [-0.15, -0.1) is 0 Å². The second-order valence-corrected chi connectivity index (χ2v) is 6.86. The molecule has 1 N–H and O–H groups in total. The van der Waals surface area contributed by atoms with Crippen LogP contribution in [0.1, 0.15) is 23.8 Å². The van der Waals surface area contributed by atoms with Gasteiger partial charge in [-0.3, -0.25) is 9.69 Å². The molecule has 2 aromatic carbocycles. The zero-order chi connectivity index (χ0) is 19.0. The normalized spacial score (nSPS) is 19.4. The van der Waals surface area contributed by atoms with E-state index in [-0.39, 0.29) is 12.5 Å². The highest BCUT2D eigenvalue weighted by Crippen LogP contribution is 2.30. The fraction of sp³-hybridized carbons (Fsp3) is 0.190. The van der Waals surface area contributed by atoms with Crippen molar-refractivity contribution in [1.82, 2.24) is 15.4 Å². The van der Waals surface area contributed by atoms with Crippen LogP contribution in [0.5, 0.6) is 0 Å². The molecule has 0 aliphatic carbocycles. The predicted octanol–water partition coefficient (Wildman–Crippen LogP) is 3.62. The zero-order valence-electron chi connectivity index (χ0n) is 15.1. The Labute approximate surface area is 156 Å². The van der Waals surface area contributed by atoms with E-state index in [2.05, 4.69) is 10.5 Å². The summed E-state index contributed by atoms with van der Waals surface area (Å²) in [5, 5.41) is 6.84. The lowest BCUT2D eigenvalue weighted by Crippen LogP contribution is -2.40. The van der Waals surface area contributed by atoms with Crippen molar-refractivity contribution < 1.29 is 14.1 Å². The van der Waals surface area contributed by atoms with Crippen LogP contribution in [-0.4, -0.2) is 22.0 Å². The Balaban J connectivity index is 1.56. The maximum atomic E-state index is 13.0. The van der Waals surface area contributed by atoms with E-state index in [0.29, 0.717) is 11.5 Å². The first-order valence-corrected chi connectivity index (χ1v) is 8.69. The second-order valence-electron chi connectivity index (χ2n) is 6.86. The Morgan fingerprint density at radius 1 is 1.07 bits per heavy atom. The van der Waals surface area contributed by atoms with E-state index in [1.165, 1.54) is 0 Å². The summed E-state index contributed by atoms with van der Waals surface area (Å²) in [4.78, 5) is 26.6. The number of carbonyl (C=O) groups is 2. The summed E-state index contributed by atoms with van der Waals surface area (Å²) in [5.41, 5.74) is 2.32. The molecule has 1 fully saturated rings. The van der Waals surface area contributed by atoms with Crippen molar-refractivity contribution in [3.05, 3.63) is 77.6 Å². The van der Waals surface area contributed by atoms with Crippen LogP contribution in [0.15, 0.2) is 65.2 Å². The maximum absolute atomic E-state index is 13.0. The van der Waals surface area contributed by atoms with Gasteiger partial charge in [-0.1, -0.05) is 65.3 Å². The van der Waals surface area contributed by atoms with Crippen LogP contribution >= 0.6 is 0 Å². The highest BCUT2D eigenvalue weighted by Gasteiger charge is 2.49. The van der Waals surface area contributed by atoms with E-state index in [4.69, 9.17) is 4.52 Å². The van der Waals surface area contributed by atoms with Gasteiger partial charge in [-0.2, -0.15) is 0 Å². The van der Waals surface area contributed by atoms with Gasteiger partial charge < -0.3 is 9.84 Å². The minimum Gasteiger partial charge on any atom is -0.359 e. The fourth-order valence-electron chi connectivity index (χ4n) is 3.21. The Bertz CT molecular complexity index is 995. The fourth-order valence-corrected chi connectivity index (χ4v) is 3.21. The molecule has 3 amide bonds. The van der Waals surface area contributed by atoms with Crippen LogP contribution in [0.4, 0.5) is 4.79 Å². The summed E-state index contributed by atoms with van der Waals surface area (Å²) in [6, 6.07) is 18.5. The quantitative estimate of drug-likeness (QED) is 0.720. The van der Waals surface area contributed by atoms with Gasteiger partial charge in [0.15, 0.2) is 5.76 Å². The maximum Gasteiger partial charge on any atom is 0.325 e. The number of benzene rings is 2. The molecule has 1 aliphatic heterocycles. The number of nitrogens with one attached hydrogen (secondary N) is 1. The van der Waals surface area contributed by atoms with Crippen molar-refractivity contribution in [3.8, 4) is 11.3 Å². The zero-order valence-corrected chi connectivity index (χ0v) is 15.1. The lowest BCUT2D eigenvalue weighted by atomic mass is 9.91. The summed E-state index contributed by atoms with van der Waals surface area (Å²) in [6.07, 6.45) is 0. The lowest BCUT2D eigenvalue weighted by molar-refractivity contribution is -0.131. The second kappa shape index (κ2) is 6.39. The molecule has 0 bridgehead atoms. The SMILES string of the molecule is Cc1ccc(C2(C)NC(=O)N(Cc3cc(-c4ccccc4)no3)C2=O)cc1. The van der Waals surface area contributed by atoms with E-state index in [1.54, 1.807) is 13.0 Å². The Morgan fingerprint density at radius 3 is 2.48 bits per heavy atom. The van der Waals surface area contributed by atoms with Crippen LogP contribution in [0.2, 0.25) is 0 Å². The number of urea groups is 1. The number of hydrogen-bond donors (Lipinski definition) is 1. The molecule has 3 aromatic rings. The molecule has 1 unspecified atom stereocenters. The van der Waals surface area contributed by atoms with Crippen LogP contribution in [0.25, 0.3) is 11.3 Å². The standard InChI is InChI=1S/C21H19N3O3/c1-14-8-10-16(11-9-14)21(2)19(25)24(20(26)22-21)13-17-12-18(23-27-17)15-6-4-3-5-7-15/h3-12H,13H2,1-2H3,(H,22,26). The van der Waals surface area contributed by atoms with Crippen LogP contribution in [0.3, 0.4) is 0 Å². The smallest absolute Gasteiger partial charge is 0.325 e. The highest BCUT2D eigenvalue weighted by atomic mass is 16.5. The van der Waals surface area contributed by atoms with Crippen molar-refractivity contribution in [2.45, 2.75) is 25.9 Å². The molecule has 1 saturated heterocycles. The molecule has 27 heavy (non-hydrogen) atoms. The van der Waals surface area contributed by atoms with E-state index in [0.717, 1.165) is 21.6 Å². The molecule has 1 atom stereocenters. The van der Waals surface area contributed by atoms with Crippen molar-refractivity contribution >= 4 is 11.9 Å². The Kier molecular flexibility index (Phi) is 4.03. The number of aryl methyl sites for hydroxylation is 1. The molecule has 0 spiro atoms. The summed E-state index contributed by atoms with van der Waals surface area (Å²) in [5.74, 6) is 0.138. The molecule has 4 rings (SSSR count). The van der Waals surface area contributed by atoms with Crippen LogP contribution in [-0.2, 0) is 16.9 Å². The highest BCUT2D eigenvalue weighted by molar-refractivity contribution is 6.07. The van der Waals surface area contributed by atoms with Gasteiger partial charge in [0.25, 0.3) is 5.91 Å². The number of imide groups is 1. The third-order valence-electron chi connectivity index (χ3n) is 4.85. The van der Waals surface area contributed by atoms with E-state index < -0.39 is 11.6 Å². The van der Waals surface area contributed by atoms with Gasteiger partial charge in [0.2, 0.25) is 0 Å². The molecule has 0 saturated carbocycles. The Hall–Kier alpha value is -3.41. The average molecular weight is 361 g/mol. The minimum atomic E-state index is -1.09. The third kappa shape index (κ3) is 2.99. The molecular weight excluding hydrogens is 342 g/mol. The van der Waals surface area contributed by atoms with E-state index in [9.17, 15) is 9.59 Å². The minimum absolute atomic E-state index is 0.0337.